The van der Waals surface area contributed by atoms with E-state index >= 15 is 0 Å². The first kappa shape index (κ1) is 20.7. The van der Waals surface area contributed by atoms with Crippen LogP contribution in [0.25, 0.3) is 5.57 Å². The zero-order chi connectivity index (χ0) is 21.5. The molecule has 158 valence electrons. The number of para-hydroxylation sites is 1. The van der Waals surface area contributed by atoms with Crippen LogP contribution in [0.5, 0.6) is 0 Å². The maximum absolute atomic E-state index is 13.5. The molecule has 3 aliphatic heterocycles. The summed E-state index contributed by atoms with van der Waals surface area (Å²) in [7, 11) is 0. The molecule has 8 heteroatoms. The summed E-state index contributed by atoms with van der Waals surface area (Å²) in [5.41, 5.74) is 2.78. The number of thioether (sulfide) groups is 1. The molecule has 1 atom stereocenters. The molecular formula is C23H19ClN2O3S2. The number of ether oxygens (including phenoxy) is 1. The van der Waals surface area contributed by atoms with E-state index in [1.807, 2.05) is 42.5 Å². The van der Waals surface area contributed by atoms with Gasteiger partial charge >= 0.3 is 0 Å². The van der Waals surface area contributed by atoms with E-state index in [1.54, 1.807) is 15.9 Å². The van der Waals surface area contributed by atoms with Gasteiger partial charge in [-0.3, -0.25) is 14.5 Å². The molecule has 5 rings (SSSR count). The largest absolute Gasteiger partial charge is 0.376 e. The Bertz CT molecular complexity index is 1130. The standard InChI is InChI=1S/C23H19ClN2O3S2/c24-17-9-3-1-6-14(17)12-25-18-10-4-2-8-16(18)19(21(25)27)20-22(28)26(23(30)31-20)13-15-7-5-11-29-15/h1-4,6,8-10,15H,5,7,11-13H2/b20-19-/t15-/m1/s1. The van der Waals surface area contributed by atoms with Crippen LogP contribution >= 0.6 is 35.6 Å². The Morgan fingerprint density at radius 1 is 1.06 bits per heavy atom. The van der Waals surface area contributed by atoms with Crippen LogP contribution in [0.3, 0.4) is 0 Å². The monoisotopic (exact) mass is 470 g/mol. The van der Waals surface area contributed by atoms with Crippen molar-refractivity contribution in [2.75, 3.05) is 18.1 Å². The molecule has 2 amide bonds. The van der Waals surface area contributed by atoms with Crippen molar-refractivity contribution in [2.24, 2.45) is 0 Å². The molecule has 0 spiro atoms. The Labute approximate surface area is 195 Å². The van der Waals surface area contributed by atoms with Gasteiger partial charge in [0.2, 0.25) is 0 Å². The normalized spacial score (nSPS) is 23.3. The molecule has 2 aromatic carbocycles. The molecule has 0 unspecified atom stereocenters. The second-order valence-corrected chi connectivity index (χ2v) is 9.67. The summed E-state index contributed by atoms with van der Waals surface area (Å²) in [5, 5.41) is 0.601. The minimum atomic E-state index is -0.219. The van der Waals surface area contributed by atoms with Crippen LogP contribution in [0.2, 0.25) is 5.02 Å². The highest BCUT2D eigenvalue weighted by Gasteiger charge is 2.42. The number of anilines is 1. The first-order chi connectivity index (χ1) is 15.0. The molecule has 0 saturated carbocycles. The number of nitrogens with zero attached hydrogens (tertiary/aromatic N) is 2. The Morgan fingerprint density at radius 3 is 2.61 bits per heavy atom. The van der Waals surface area contributed by atoms with Gasteiger partial charge in [-0.1, -0.05) is 72.0 Å². The Kier molecular flexibility index (Phi) is 5.60. The minimum absolute atomic E-state index is 0.00450. The zero-order valence-electron chi connectivity index (χ0n) is 16.5. The van der Waals surface area contributed by atoms with Crippen molar-refractivity contribution in [2.45, 2.75) is 25.5 Å². The van der Waals surface area contributed by atoms with E-state index in [9.17, 15) is 9.59 Å². The molecule has 0 bridgehead atoms. The van der Waals surface area contributed by atoms with Gasteiger partial charge in [-0.15, -0.1) is 0 Å². The topological polar surface area (TPSA) is 49.9 Å². The average Bonchev–Trinajstić information content (AvgIpc) is 3.45. The fourth-order valence-corrected chi connectivity index (χ4v) is 5.69. The molecule has 0 aliphatic carbocycles. The van der Waals surface area contributed by atoms with Crippen LogP contribution in [0.15, 0.2) is 53.4 Å². The van der Waals surface area contributed by atoms with E-state index < -0.39 is 0 Å². The van der Waals surface area contributed by atoms with Crippen LogP contribution in [0.4, 0.5) is 5.69 Å². The first-order valence-corrected chi connectivity index (χ1v) is 11.7. The highest BCUT2D eigenvalue weighted by Crippen LogP contribution is 2.45. The van der Waals surface area contributed by atoms with Gasteiger partial charge in [-0.25, -0.2) is 0 Å². The van der Waals surface area contributed by atoms with E-state index in [0.29, 0.717) is 39.5 Å². The molecule has 3 heterocycles. The van der Waals surface area contributed by atoms with Crippen molar-refractivity contribution in [1.82, 2.24) is 4.90 Å². The van der Waals surface area contributed by atoms with Crippen molar-refractivity contribution in [3.05, 3.63) is 69.6 Å². The number of thiocarbonyl (C=S) groups is 1. The number of fused-ring (bicyclic) bond motifs is 1. The molecule has 2 aromatic rings. The number of carbonyl (C=O) groups is 2. The summed E-state index contributed by atoms with van der Waals surface area (Å²) in [6.07, 6.45) is 1.90. The molecule has 5 nitrogen and oxygen atoms in total. The van der Waals surface area contributed by atoms with Crippen molar-refractivity contribution >= 4 is 63.0 Å². The summed E-state index contributed by atoms with van der Waals surface area (Å²) in [4.78, 5) is 30.5. The van der Waals surface area contributed by atoms with E-state index in [-0.39, 0.29) is 17.9 Å². The third kappa shape index (κ3) is 3.69. The summed E-state index contributed by atoms with van der Waals surface area (Å²) in [5.74, 6) is -0.429. The molecular weight excluding hydrogens is 452 g/mol. The summed E-state index contributed by atoms with van der Waals surface area (Å²) >= 11 is 13.0. The van der Waals surface area contributed by atoms with E-state index in [4.69, 9.17) is 28.6 Å². The second-order valence-electron chi connectivity index (χ2n) is 7.62. The van der Waals surface area contributed by atoms with E-state index in [2.05, 4.69) is 0 Å². The van der Waals surface area contributed by atoms with Crippen molar-refractivity contribution in [3.8, 4) is 0 Å². The lowest BCUT2D eigenvalue weighted by molar-refractivity contribution is -0.123. The molecule has 3 aliphatic rings. The second kappa shape index (κ2) is 8.39. The zero-order valence-corrected chi connectivity index (χ0v) is 18.9. The number of carbonyl (C=O) groups excluding carboxylic acids is 2. The van der Waals surface area contributed by atoms with Gasteiger partial charge in [-0.2, -0.15) is 0 Å². The molecule has 2 fully saturated rings. The minimum Gasteiger partial charge on any atom is -0.376 e. The number of amides is 2. The SMILES string of the molecule is O=C1/C(=C2/C(=O)N(Cc3ccccc3Cl)c3ccccc32)SC(=S)N1C[C@H]1CCCO1. The Morgan fingerprint density at radius 2 is 1.84 bits per heavy atom. The lowest BCUT2D eigenvalue weighted by atomic mass is 10.1. The fraction of sp³-hybridized carbons (Fsp3) is 0.261. The number of rotatable bonds is 4. The fourth-order valence-electron chi connectivity index (χ4n) is 4.15. The van der Waals surface area contributed by atoms with Gasteiger partial charge in [0.25, 0.3) is 11.8 Å². The quantitative estimate of drug-likeness (QED) is 0.481. The summed E-state index contributed by atoms with van der Waals surface area (Å²) in [6, 6.07) is 15.0. The summed E-state index contributed by atoms with van der Waals surface area (Å²) in [6.45, 7) is 1.47. The number of hydrogen-bond donors (Lipinski definition) is 0. The van der Waals surface area contributed by atoms with E-state index in [0.717, 1.165) is 29.7 Å². The Balaban J connectivity index is 1.51. The smallest absolute Gasteiger partial charge is 0.267 e. The van der Waals surface area contributed by atoms with E-state index in [1.165, 1.54) is 11.8 Å². The molecule has 31 heavy (non-hydrogen) atoms. The highest BCUT2D eigenvalue weighted by atomic mass is 35.5. The average molecular weight is 471 g/mol. The number of hydrogen-bond acceptors (Lipinski definition) is 5. The van der Waals surface area contributed by atoms with Crippen LogP contribution in [0.1, 0.15) is 24.0 Å². The third-order valence-corrected chi connectivity index (χ3v) is 7.51. The predicted octanol–water partition coefficient (Wildman–Crippen LogP) is 4.64. The van der Waals surface area contributed by atoms with Gasteiger partial charge in [0.1, 0.15) is 4.32 Å². The lowest BCUT2D eigenvalue weighted by Crippen LogP contribution is -2.35. The third-order valence-electron chi connectivity index (χ3n) is 5.70. The maximum atomic E-state index is 13.5. The van der Waals surface area contributed by atoms with Crippen LogP contribution < -0.4 is 4.90 Å². The van der Waals surface area contributed by atoms with Crippen LogP contribution in [-0.4, -0.2) is 40.3 Å². The van der Waals surface area contributed by atoms with Crippen LogP contribution in [0, 0.1) is 0 Å². The van der Waals surface area contributed by atoms with Crippen molar-refractivity contribution in [1.29, 1.82) is 0 Å². The predicted molar refractivity (Wildman–Crippen MR) is 127 cm³/mol. The lowest BCUT2D eigenvalue weighted by Gasteiger charge is -2.19. The van der Waals surface area contributed by atoms with Gasteiger partial charge in [0, 0.05) is 17.2 Å². The van der Waals surface area contributed by atoms with Gasteiger partial charge in [-0.05, 0) is 30.5 Å². The number of halogens is 1. The number of benzene rings is 2. The molecule has 0 aromatic heterocycles. The summed E-state index contributed by atoms with van der Waals surface area (Å²) < 4.78 is 6.15. The van der Waals surface area contributed by atoms with Crippen LogP contribution in [-0.2, 0) is 20.9 Å². The molecule has 0 radical (unpaired) electrons. The molecule has 2 saturated heterocycles. The van der Waals surface area contributed by atoms with Crippen molar-refractivity contribution < 1.29 is 14.3 Å². The van der Waals surface area contributed by atoms with Crippen molar-refractivity contribution in [3.63, 3.8) is 0 Å². The van der Waals surface area contributed by atoms with Gasteiger partial charge in [0.05, 0.1) is 35.4 Å². The first-order valence-electron chi connectivity index (χ1n) is 10.1. The Hall–Kier alpha value is -2.19. The maximum Gasteiger partial charge on any atom is 0.267 e. The van der Waals surface area contributed by atoms with Gasteiger partial charge in [0.15, 0.2) is 0 Å². The van der Waals surface area contributed by atoms with Gasteiger partial charge < -0.3 is 9.64 Å². The highest BCUT2D eigenvalue weighted by molar-refractivity contribution is 8.26. The molecule has 0 N–H and O–H groups in total.